The van der Waals surface area contributed by atoms with Crippen molar-refractivity contribution in [1.29, 1.82) is 0 Å². The average Bonchev–Trinajstić information content (AvgIpc) is 2.69. The number of methoxy groups -OCH3 is 2. The molecule has 0 aliphatic carbocycles. The van der Waals surface area contributed by atoms with E-state index in [-0.39, 0.29) is 18.3 Å². The topological polar surface area (TPSA) is 73.9 Å². The minimum absolute atomic E-state index is 0.0755. The van der Waals surface area contributed by atoms with Crippen molar-refractivity contribution in [2.45, 2.75) is 26.3 Å². The molecule has 0 heterocycles. The van der Waals surface area contributed by atoms with Gasteiger partial charge in [-0.3, -0.25) is 4.79 Å². The third-order valence-corrected chi connectivity index (χ3v) is 3.96. The van der Waals surface area contributed by atoms with E-state index in [9.17, 15) is 9.59 Å². The Morgan fingerprint density at radius 2 is 1.52 bits per heavy atom. The molecular formula is C21H25NO5. The summed E-state index contributed by atoms with van der Waals surface area (Å²) < 4.78 is 15.9. The molecule has 0 aliphatic rings. The molecule has 0 spiro atoms. The van der Waals surface area contributed by atoms with E-state index in [1.165, 1.54) is 0 Å². The van der Waals surface area contributed by atoms with E-state index in [0.717, 1.165) is 11.1 Å². The quantitative estimate of drug-likeness (QED) is 0.695. The van der Waals surface area contributed by atoms with Gasteiger partial charge >= 0.3 is 0 Å². The van der Waals surface area contributed by atoms with Crippen LogP contribution in [0.15, 0.2) is 42.5 Å². The number of hydrogen-bond donors (Lipinski definition) is 1. The zero-order valence-electron chi connectivity index (χ0n) is 15.9. The lowest BCUT2D eigenvalue weighted by molar-refractivity contribution is -0.123. The molecule has 2 aromatic carbocycles. The van der Waals surface area contributed by atoms with Crippen molar-refractivity contribution >= 4 is 11.7 Å². The third-order valence-electron chi connectivity index (χ3n) is 3.96. The van der Waals surface area contributed by atoms with E-state index in [0.29, 0.717) is 36.6 Å². The normalized spacial score (nSPS) is 10.2. The van der Waals surface area contributed by atoms with Crippen molar-refractivity contribution in [3.05, 3.63) is 53.6 Å². The summed E-state index contributed by atoms with van der Waals surface area (Å²) in [6, 6.07) is 12.9. The number of carbonyl (C=O) groups is 2. The lowest BCUT2D eigenvalue weighted by Crippen LogP contribution is -2.28. The number of rotatable bonds is 10. The first-order chi connectivity index (χ1) is 13.0. The molecule has 1 N–H and O–H groups in total. The van der Waals surface area contributed by atoms with E-state index in [1.807, 2.05) is 24.3 Å². The summed E-state index contributed by atoms with van der Waals surface area (Å²) in [5, 5.41) is 2.80. The minimum Gasteiger partial charge on any atom is -0.497 e. The summed E-state index contributed by atoms with van der Waals surface area (Å²) in [6.45, 7) is 1.85. The molecule has 2 rings (SSSR count). The zero-order chi connectivity index (χ0) is 19.6. The minimum atomic E-state index is -0.225. The van der Waals surface area contributed by atoms with Crippen LogP contribution in [0.25, 0.3) is 0 Å². The van der Waals surface area contributed by atoms with Crippen LogP contribution in [0.1, 0.15) is 24.5 Å². The summed E-state index contributed by atoms with van der Waals surface area (Å²) in [5.74, 6) is 1.89. The molecule has 0 radical (unpaired) electrons. The first-order valence-corrected chi connectivity index (χ1v) is 8.70. The Hall–Kier alpha value is -3.02. The van der Waals surface area contributed by atoms with Crippen molar-refractivity contribution in [3.8, 4) is 17.2 Å². The van der Waals surface area contributed by atoms with Gasteiger partial charge in [0.05, 0.1) is 14.2 Å². The van der Waals surface area contributed by atoms with Crippen LogP contribution in [0.3, 0.4) is 0 Å². The van der Waals surface area contributed by atoms with Gasteiger partial charge in [-0.1, -0.05) is 12.1 Å². The monoisotopic (exact) mass is 371 g/mol. The molecule has 0 unspecified atom stereocenters. The van der Waals surface area contributed by atoms with Crippen molar-refractivity contribution in [1.82, 2.24) is 5.32 Å². The number of aryl methyl sites for hydroxylation is 1. The summed E-state index contributed by atoms with van der Waals surface area (Å²) >= 11 is 0. The Balaban J connectivity index is 1.80. The Bertz CT molecular complexity index is 748. The predicted octanol–water partition coefficient (Wildman–Crippen LogP) is 2.92. The SMILES string of the molecule is COc1cc(CNC(=O)COc2ccc(CCC(C)=O)cc2)cc(OC)c1. The molecule has 6 heteroatoms. The summed E-state index contributed by atoms with van der Waals surface area (Å²) in [6.07, 6.45) is 1.23. The van der Waals surface area contributed by atoms with Crippen molar-refractivity contribution in [2.24, 2.45) is 0 Å². The number of nitrogens with one attached hydrogen (secondary N) is 1. The van der Waals surface area contributed by atoms with E-state index < -0.39 is 0 Å². The Labute approximate surface area is 159 Å². The first kappa shape index (κ1) is 20.3. The molecule has 0 saturated carbocycles. The standard InChI is InChI=1S/C21H25NO5/c1-15(23)4-5-16-6-8-18(9-7-16)27-14-21(24)22-13-17-10-19(25-2)12-20(11-17)26-3/h6-12H,4-5,13-14H2,1-3H3,(H,22,24). The van der Waals surface area contributed by atoms with E-state index in [1.54, 1.807) is 39.3 Å². The first-order valence-electron chi connectivity index (χ1n) is 8.70. The van der Waals surface area contributed by atoms with E-state index in [4.69, 9.17) is 14.2 Å². The van der Waals surface area contributed by atoms with Gasteiger partial charge < -0.3 is 24.3 Å². The second-order valence-electron chi connectivity index (χ2n) is 6.13. The van der Waals surface area contributed by atoms with Gasteiger partial charge in [-0.2, -0.15) is 0 Å². The molecule has 0 aromatic heterocycles. The molecule has 6 nitrogen and oxygen atoms in total. The van der Waals surface area contributed by atoms with Crippen molar-refractivity contribution < 1.29 is 23.8 Å². The smallest absolute Gasteiger partial charge is 0.258 e. The van der Waals surface area contributed by atoms with Crippen molar-refractivity contribution in [2.75, 3.05) is 20.8 Å². The number of ketones is 1. The highest BCUT2D eigenvalue weighted by Gasteiger charge is 2.06. The number of amides is 1. The maximum Gasteiger partial charge on any atom is 0.258 e. The molecule has 0 aliphatic heterocycles. The maximum absolute atomic E-state index is 12.0. The van der Waals surface area contributed by atoms with Crippen LogP contribution in [-0.2, 0) is 22.6 Å². The third kappa shape index (κ3) is 7.01. The fourth-order valence-electron chi connectivity index (χ4n) is 2.44. The molecule has 27 heavy (non-hydrogen) atoms. The van der Waals surface area contributed by atoms with Gasteiger partial charge in [0.2, 0.25) is 0 Å². The molecule has 144 valence electrons. The molecule has 0 saturated heterocycles. The van der Waals surface area contributed by atoms with Crippen LogP contribution in [-0.4, -0.2) is 32.5 Å². The molecule has 2 aromatic rings. The summed E-state index contributed by atoms with van der Waals surface area (Å²) in [7, 11) is 3.16. The van der Waals surface area contributed by atoms with E-state index >= 15 is 0 Å². The van der Waals surface area contributed by atoms with Crippen molar-refractivity contribution in [3.63, 3.8) is 0 Å². The van der Waals surface area contributed by atoms with Gasteiger partial charge in [0.1, 0.15) is 23.0 Å². The predicted molar refractivity (Wildman–Crippen MR) is 102 cm³/mol. The van der Waals surface area contributed by atoms with Crippen LogP contribution in [0, 0.1) is 0 Å². The van der Waals surface area contributed by atoms with E-state index in [2.05, 4.69) is 5.32 Å². The fraction of sp³-hybridized carbons (Fsp3) is 0.333. The highest BCUT2D eigenvalue weighted by molar-refractivity contribution is 5.77. The molecular weight excluding hydrogens is 346 g/mol. The molecule has 1 amide bonds. The van der Waals surface area contributed by atoms with Crippen LogP contribution >= 0.6 is 0 Å². The highest BCUT2D eigenvalue weighted by Crippen LogP contribution is 2.22. The van der Waals surface area contributed by atoms with Gasteiger partial charge in [0.15, 0.2) is 6.61 Å². The second-order valence-corrected chi connectivity index (χ2v) is 6.13. The Morgan fingerprint density at radius 3 is 2.07 bits per heavy atom. The van der Waals surface area contributed by atoms with Gasteiger partial charge in [0.25, 0.3) is 5.91 Å². The summed E-state index contributed by atoms with van der Waals surface area (Å²) in [5.41, 5.74) is 1.93. The van der Waals surface area contributed by atoms with Gasteiger partial charge in [-0.15, -0.1) is 0 Å². The summed E-state index contributed by atoms with van der Waals surface area (Å²) in [4.78, 5) is 23.0. The van der Waals surface area contributed by atoms with Gasteiger partial charge in [-0.25, -0.2) is 0 Å². The molecule has 0 atom stereocenters. The molecule has 0 bridgehead atoms. The highest BCUT2D eigenvalue weighted by atomic mass is 16.5. The number of ether oxygens (including phenoxy) is 3. The lowest BCUT2D eigenvalue weighted by atomic mass is 10.1. The number of benzene rings is 2. The van der Waals surface area contributed by atoms with Crippen LogP contribution in [0.4, 0.5) is 0 Å². The van der Waals surface area contributed by atoms with Crippen LogP contribution in [0.2, 0.25) is 0 Å². The molecule has 0 fully saturated rings. The lowest BCUT2D eigenvalue weighted by Gasteiger charge is -2.10. The van der Waals surface area contributed by atoms with Gasteiger partial charge in [-0.05, 0) is 48.7 Å². The Morgan fingerprint density at radius 1 is 0.889 bits per heavy atom. The number of Topliss-reactive ketones (excluding diaryl/α,β-unsaturated/α-hetero) is 1. The number of hydrogen-bond acceptors (Lipinski definition) is 5. The largest absolute Gasteiger partial charge is 0.497 e. The fourth-order valence-corrected chi connectivity index (χ4v) is 2.44. The Kier molecular flexibility index (Phi) is 7.67. The zero-order valence-corrected chi connectivity index (χ0v) is 15.9. The maximum atomic E-state index is 12.0. The second kappa shape index (κ2) is 10.2. The van der Waals surface area contributed by atoms with Crippen LogP contribution in [0.5, 0.6) is 17.2 Å². The average molecular weight is 371 g/mol. The number of carbonyl (C=O) groups excluding carboxylic acids is 2. The van der Waals surface area contributed by atoms with Gasteiger partial charge in [0, 0.05) is 19.0 Å². The van der Waals surface area contributed by atoms with Crippen LogP contribution < -0.4 is 19.5 Å².